The van der Waals surface area contributed by atoms with Crippen molar-refractivity contribution >= 4 is 39.5 Å². The number of aliphatic hydroxyl groups excluding tert-OH is 1. The van der Waals surface area contributed by atoms with Crippen molar-refractivity contribution in [3.8, 4) is 0 Å². The summed E-state index contributed by atoms with van der Waals surface area (Å²) in [5, 5.41) is 28.0. The lowest BCUT2D eigenvalue weighted by Gasteiger charge is -2.21. The third kappa shape index (κ3) is 5.79. The molecular formula is C28H26N2O6. The second-order valence-corrected chi connectivity index (χ2v) is 8.34. The van der Waals surface area contributed by atoms with Crippen LogP contribution in [-0.2, 0) is 27.4 Å². The van der Waals surface area contributed by atoms with Gasteiger partial charge in [0.15, 0.2) is 0 Å². The molecule has 8 nitrogen and oxygen atoms in total. The number of carboxylic acid groups (broad SMARTS) is 1. The van der Waals surface area contributed by atoms with Gasteiger partial charge in [0.25, 0.3) is 0 Å². The quantitative estimate of drug-likeness (QED) is 0.269. The molecule has 184 valence electrons. The van der Waals surface area contributed by atoms with Crippen LogP contribution in [0.3, 0.4) is 0 Å². The van der Waals surface area contributed by atoms with Gasteiger partial charge in [-0.1, -0.05) is 78.9 Å². The van der Waals surface area contributed by atoms with E-state index in [1.807, 2.05) is 60.7 Å². The molecule has 4 aromatic rings. The Balaban J connectivity index is 1.49. The number of ether oxygens (including phenoxy) is 1. The molecule has 0 heterocycles. The van der Waals surface area contributed by atoms with Gasteiger partial charge < -0.3 is 25.6 Å². The molecule has 2 amide bonds. The van der Waals surface area contributed by atoms with Crippen LogP contribution in [-0.4, -0.2) is 46.9 Å². The molecule has 4 N–H and O–H groups in total. The van der Waals surface area contributed by atoms with Crippen molar-refractivity contribution in [2.45, 2.75) is 25.1 Å². The molecule has 0 spiro atoms. The van der Waals surface area contributed by atoms with Gasteiger partial charge in [-0.2, -0.15) is 0 Å². The predicted molar refractivity (Wildman–Crippen MR) is 135 cm³/mol. The van der Waals surface area contributed by atoms with Crippen molar-refractivity contribution in [2.24, 2.45) is 0 Å². The highest BCUT2D eigenvalue weighted by atomic mass is 16.5. The molecule has 0 fully saturated rings. The monoisotopic (exact) mass is 486 g/mol. The average Bonchev–Trinajstić information content (AvgIpc) is 2.90. The first-order valence-corrected chi connectivity index (χ1v) is 11.5. The van der Waals surface area contributed by atoms with Crippen molar-refractivity contribution in [3.05, 3.63) is 96.1 Å². The fraction of sp³-hybridized carbons (Fsp3) is 0.179. The molecule has 0 aliphatic heterocycles. The minimum absolute atomic E-state index is 0.0134. The van der Waals surface area contributed by atoms with Crippen LogP contribution < -0.4 is 10.6 Å². The molecule has 0 unspecified atom stereocenters. The number of fused-ring (bicyclic) bond motifs is 2. The van der Waals surface area contributed by atoms with Gasteiger partial charge in [0, 0.05) is 6.42 Å². The maximum atomic E-state index is 12.8. The average molecular weight is 487 g/mol. The molecule has 36 heavy (non-hydrogen) atoms. The lowest BCUT2D eigenvalue weighted by atomic mass is 9.92. The number of nitrogens with one attached hydrogen (secondary N) is 2. The maximum Gasteiger partial charge on any atom is 0.408 e. The fourth-order valence-corrected chi connectivity index (χ4v) is 4.11. The number of aliphatic hydroxyl groups is 1. The first-order chi connectivity index (χ1) is 17.5. The summed E-state index contributed by atoms with van der Waals surface area (Å²) in [6, 6.07) is 23.7. The minimum atomic E-state index is -1.38. The molecule has 0 aliphatic rings. The van der Waals surface area contributed by atoms with Gasteiger partial charge in [0.1, 0.15) is 18.7 Å². The maximum absolute atomic E-state index is 12.8. The predicted octanol–water partition coefficient (Wildman–Crippen LogP) is 3.39. The van der Waals surface area contributed by atoms with E-state index in [2.05, 4.69) is 10.6 Å². The zero-order valence-corrected chi connectivity index (χ0v) is 19.4. The van der Waals surface area contributed by atoms with Gasteiger partial charge in [-0.15, -0.1) is 0 Å². The lowest BCUT2D eigenvalue weighted by molar-refractivity contribution is -0.142. The SMILES string of the molecule is O=C(N[C@@H](CO)C(=O)N[C@H](Cc1c2ccccc2cc2ccccc12)C(=O)O)OCc1ccccc1. The van der Waals surface area contributed by atoms with Crippen LogP contribution in [0, 0.1) is 0 Å². The zero-order valence-electron chi connectivity index (χ0n) is 19.4. The number of hydrogen-bond donors (Lipinski definition) is 4. The molecule has 4 rings (SSSR count). The number of aliphatic carboxylic acids is 1. The van der Waals surface area contributed by atoms with E-state index in [1.54, 1.807) is 24.3 Å². The summed E-state index contributed by atoms with van der Waals surface area (Å²) in [4.78, 5) is 37.1. The van der Waals surface area contributed by atoms with Gasteiger partial charge in [-0.3, -0.25) is 4.79 Å². The molecule has 2 atom stereocenters. The van der Waals surface area contributed by atoms with Crippen molar-refractivity contribution in [1.29, 1.82) is 0 Å². The number of carboxylic acids is 1. The first-order valence-electron chi connectivity index (χ1n) is 11.5. The van der Waals surface area contributed by atoms with E-state index in [4.69, 9.17) is 4.74 Å². The van der Waals surface area contributed by atoms with Crippen LogP contribution in [0.2, 0.25) is 0 Å². The van der Waals surface area contributed by atoms with Crippen LogP contribution in [0.25, 0.3) is 21.5 Å². The standard InChI is InChI=1S/C28H26N2O6/c31-16-25(30-28(35)36-17-18-8-2-1-3-9-18)26(32)29-24(27(33)34)15-23-21-12-6-4-10-19(21)14-20-11-5-7-13-22(20)23/h1-14,24-25,31H,15-17H2,(H,29,32)(H,30,35)(H,33,34)/t24-,25+/m1/s1. The van der Waals surface area contributed by atoms with Gasteiger partial charge in [-0.25, -0.2) is 9.59 Å². The van der Waals surface area contributed by atoms with Gasteiger partial charge >= 0.3 is 12.1 Å². The van der Waals surface area contributed by atoms with Gasteiger partial charge in [0.2, 0.25) is 5.91 Å². The van der Waals surface area contributed by atoms with Crippen molar-refractivity contribution in [1.82, 2.24) is 10.6 Å². The molecular weight excluding hydrogens is 460 g/mol. The van der Waals surface area contributed by atoms with Crippen LogP contribution in [0.5, 0.6) is 0 Å². The topological polar surface area (TPSA) is 125 Å². The molecule has 0 radical (unpaired) electrons. The summed E-state index contributed by atoms with van der Waals surface area (Å²) >= 11 is 0. The highest BCUT2D eigenvalue weighted by molar-refractivity contribution is 6.02. The number of rotatable bonds is 9. The van der Waals surface area contributed by atoms with E-state index in [1.165, 1.54) is 0 Å². The number of benzene rings is 4. The molecule has 0 saturated heterocycles. The summed E-state index contributed by atoms with van der Waals surface area (Å²) in [5.74, 6) is -2.06. The Hall–Kier alpha value is -4.43. The highest BCUT2D eigenvalue weighted by Gasteiger charge is 2.27. The molecule has 0 aliphatic carbocycles. The van der Waals surface area contributed by atoms with Crippen molar-refractivity contribution in [2.75, 3.05) is 6.61 Å². The number of amides is 2. The number of carbonyl (C=O) groups excluding carboxylic acids is 2. The Labute approximate surface area is 207 Å². The van der Waals surface area contributed by atoms with Crippen molar-refractivity contribution < 1.29 is 29.3 Å². The Bertz CT molecular complexity index is 1330. The lowest BCUT2D eigenvalue weighted by Crippen LogP contribution is -2.53. The minimum Gasteiger partial charge on any atom is -0.480 e. The van der Waals surface area contributed by atoms with E-state index in [9.17, 15) is 24.6 Å². The molecule has 0 saturated carbocycles. The van der Waals surface area contributed by atoms with E-state index >= 15 is 0 Å². The van der Waals surface area contributed by atoms with Crippen molar-refractivity contribution in [3.63, 3.8) is 0 Å². The second kappa shape index (κ2) is 11.3. The summed E-state index contributed by atoms with van der Waals surface area (Å²) < 4.78 is 5.10. The van der Waals surface area contributed by atoms with E-state index in [0.29, 0.717) is 0 Å². The Morgan fingerprint density at radius 2 is 1.36 bits per heavy atom. The van der Waals surface area contributed by atoms with Crippen LogP contribution in [0.1, 0.15) is 11.1 Å². The molecule has 8 heteroatoms. The first kappa shape index (κ1) is 24.7. The smallest absolute Gasteiger partial charge is 0.408 e. The van der Waals surface area contributed by atoms with Crippen LogP contribution >= 0.6 is 0 Å². The van der Waals surface area contributed by atoms with Crippen LogP contribution in [0.4, 0.5) is 4.79 Å². The molecule has 0 aromatic heterocycles. The third-order valence-electron chi connectivity index (χ3n) is 5.91. The number of alkyl carbamates (subject to hydrolysis) is 1. The molecule has 4 aromatic carbocycles. The summed E-state index contributed by atoms with van der Waals surface area (Å²) in [5.41, 5.74) is 1.54. The summed E-state index contributed by atoms with van der Waals surface area (Å²) in [6.07, 6.45) is -0.889. The van der Waals surface area contributed by atoms with Gasteiger partial charge in [0.05, 0.1) is 6.61 Å². The highest BCUT2D eigenvalue weighted by Crippen LogP contribution is 2.29. The van der Waals surface area contributed by atoms with Gasteiger partial charge in [-0.05, 0) is 38.7 Å². The number of carbonyl (C=O) groups is 3. The normalized spacial score (nSPS) is 12.6. The summed E-state index contributed by atoms with van der Waals surface area (Å²) in [7, 11) is 0. The second-order valence-electron chi connectivity index (χ2n) is 8.34. The van der Waals surface area contributed by atoms with Crippen LogP contribution in [0.15, 0.2) is 84.9 Å². The fourth-order valence-electron chi connectivity index (χ4n) is 4.11. The largest absolute Gasteiger partial charge is 0.480 e. The number of hydrogen-bond acceptors (Lipinski definition) is 5. The summed E-state index contributed by atoms with van der Waals surface area (Å²) in [6.45, 7) is -0.742. The zero-order chi connectivity index (χ0) is 25.5. The Kier molecular flexibility index (Phi) is 7.77. The third-order valence-corrected chi connectivity index (χ3v) is 5.91. The Morgan fingerprint density at radius 1 is 0.778 bits per heavy atom. The van der Waals surface area contributed by atoms with E-state index < -0.39 is 36.7 Å². The molecule has 0 bridgehead atoms. The van der Waals surface area contributed by atoms with E-state index in [0.717, 1.165) is 32.7 Å². The van der Waals surface area contributed by atoms with E-state index in [-0.39, 0.29) is 13.0 Å². The Morgan fingerprint density at radius 3 is 1.94 bits per heavy atom.